The standard InChI is InChI=1S/C12H20BrNO/c1-2-4-14(5-3-13)12(15)11-7-9-6-10(9)8-11/h9-11H,2-8H2,1H3. The van der Waals surface area contributed by atoms with Crippen molar-refractivity contribution in [2.24, 2.45) is 17.8 Å². The van der Waals surface area contributed by atoms with Crippen LogP contribution in [0.5, 0.6) is 0 Å². The second-order valence-electron chi connectivity index (χ2n) is 4.94. The number of fused-ring (bicyclic) bond motifs is 1. The number of hydrogen-bond acceptors (Lipinski definition) is 1. The van der Waals surface area contributed by atoms with Gasteiger partial charge in [-0.25, -0.2) is 0 Å². The molecule has 15 heavy (non-hydrogen) atoms. The minimum atomic E-state index is 0.361. The van der Waals surface area contributed by atoms with Crippen molar-refractivity contribution in [2.45, 2.75) is 32.6 Å². The van der Waals surface area contributed by atoms with E-state index in [2.05, 4.69) is 22.9 Å². The molecule has 0 aliphatic heterocycles. The van der Waals surface area contributed by atoms with Gasteiger partial charge in [0.1, 0.15) is 0 Å². The molecule has 0 aromatic carbocycles. The Morgan fingerprint density at radius 3 is 2.47 bits per heavy atom. The molecule has 0 aromatic heterocycles. The van der Waals surface area contributed by atoms with Crippen LogP contribution >= 0.6 is 15.9 Å². The Hall–Kier alpha value is -0.0500. The first kappa shape index (κ1) is 11.4. The molecular weight excluding hydrogens is 254 g/mol. The molecule has 86 valence electrons. The van der Waals surface area contributed by atoms with Crippen LogP contribution in [0.25, 0.3) is 0 Å². The van der Waals surface area contributed by atoms with Gasteiger partial charge in [0.25, 0.3) is 0 Å². The van der Waals surface area contributed by atoms with E-state index in [0.717, 1.165) is 36.7 Å². The maximum Gasteiger partial charge on any atom is 0.225 e. The topological polar surface area (TPSA) is 20.3 Å². The van der Waals surface area contributed by atoms with E-state index in [-0.39, 0.29) is 0 Å². The Bertz CT molecular complexity index is 228. The molecule has 2 rings (SSSR count). The number of rotatable bonds is 5. The molecule has 2 nitrogen and oxygen atoms in total. The summed E-state index contributed by atoms with van der Waals surface area (Å²) in [5.74, 6) is 2.60. The molecule has 0 bridgehead atoms. The summed E-state index contributed by atoms with van der Waals surface area (Å²) >= 11 is 3.42. The van der Waals surface area contributed by atoms with Gasteiger partial charge in [-0.05, 0) is 37.5 Å². The fraction of sp³-hybridized carbons (Fsp3) is 0.917. The van der Waals surface area contributed by atoms with Crippen molar-refractivity contribution in [1.29, 1.82) is 0 Å². The van der Waals surface area contributed by atoms with E-state index in [4.69, 9.17) is 0 Å². The molecule has 0 saturated heterocycles. The molecule has 2 saturated carbocycles. The van der Waals surface area contributed by atoms with Gasteiger partial charge in [-0.1, -0.05) is 22.9 Å². The van der Waals surface area contributed by atoms with Crippen LogP contribution in [0.15, 0.2) is 0 Å². The van der Waals surface area contributed by atoms with Gasteiger partial charge in [0, 0.05) is 24.3 Å². The van der Waals surface area contributed by atoms with Gasteiger partial charge in [0.05, 0.1) is 0 Å². The highest BCUT2D eigenvalue weighted by molar-refractivity contribution is 9.09. The van der Waals surface area contributed by atoms with Crippen LogP contribution in [0.4, 0.5) is 0 Å². The molecule has 2 unspecified atom stereocenters. The number of hydrogen-bond donors (Lipinski definition) is 0. The van der Waals surface area contributed by atoms with Crippen LogP contribution in [-0.2, 0) is 4.79 Å². The highest BCUT2D eigenvalue weighted by Crippen LogP contribution is 2.54. The molecule has 1 amide bonds. The van der Waals surface area contributed by atoms with E-state index < -0.39 is 0 Å². The third-order valence-corrected chi connectivity index (χ3v) is 4.11. The van der Waals surface area contributed by atoms with E-state index >= 15 is 0 Å². The van der Waals surface area contributed by atoms with Crippen LogP contribution in [-0.4, -0.2) is 29.2 Å². The van der Waals surface area contributed by atoms with Gasteiger partial charge >= 0.3 is 0 Å². The van der Waals surface area contributed by atoms with Gasteiger partial charge in [-0.3, -0.25) is 4.79 Å². The first-order valence-electron chi connectivity index (χ1n) is 6.11. The van der Waals surface area contributed by atoms with Crippen LogP contribution in [0.1, 0.15) is 32.6 Å². The minimum Gasteiger partial charge on any atom is -0.342 e. The zero-order valence-corrected chi connectivity index (χ0v) is 11.0. The Kier molecular flexibility index (Phi) is 3.70. The maximum atomic E-state index is 12.2. The first-order chi connectivity index (χ1) is 7.26. The summed E-state index contributed by atoms with van der Waals surface area (Å²) in [6, 6.07) is 0. The Balaban J connectivity index is 1.85. The predicted molar refractivity (Wildman–Crippen MR) is 65.0 cm³/mol. The molecule has 3 heteroatoms. The van der Waals surface area contributed by atoms with E-state index in [9.17, 15) is 4.79 Å². The molecule has 2 atom stereocenters. The minimum absolute atomic E-state index is 0.361. The average molecular weight is 274 g/mol. The van der Waals surface area contributed by atoms with Crippen LogP contribution < -0.4 is 0 Å². The summed E-state index contributed by atoms with van der Waals surface area (Å²) in [7, 11) is 0. The average Bonchev–Trinajstić information content (AvgIpc) is 2.84. The lowest BCUT2D eigenvalue weighted by Crippen LogP contribution is -2.37. The van der Waals surface area contributed by atoms with Crippen LogP contribution in [0.3, 0.4) is 0 Å². The normalized spacial score (nSPS) is 32.5. The molecule has 0 N–H and O–H groups in total. The molecule has 0 heterocycles. The van der Waals surface area contributed by atoms with Crippen molar-refractivity contribution in [1.82, 2.24) is 4.90 Å². The highest BCUT2D eigenvalue weighted by Gasteiger charge is 2.48. The zero-order valence-electron chi connectivity index (χ0n) is 9.42. The fourth-order valence-electron chi connectivity index (χ4n) is 2.88. The summed E-state index contributed by atoms with van der Waals surface area (Å²) in [6.45, 7) is 3.94. The number of halogens is 1. The number of carbonyl (C=O) groups is 1. The summed E-state index contributed by atoms with van der Waals surface area (Å²) in [5.41, 5.74) is 0. The van der Waals surface area contributed by atoms with Crippen molar-refractivity contribution in [3.63, 3.8) is 0 Å². The van der Waals surface area contributed by atoms with E-state index in [1.165, 1.54) is 19.3 Å². The zero-order chi connectivity index (χ0) is 10.8. The quantitative estimate of drug-likeness (QED) is 0.706. The lowest BCUT2D eigenvalue weighted by Gasteiger charge is -2.25. The molecule has 2 aliphatic rings. The van der Waals surface area contributed by atoms with Crippen LogP contribution in [0, 0.1) is 17.8 Å². The monoisotopic (exact) mass is 273 g/mol. The summed E-state index contributed by atoms with van der Waals surface area (Å²) in [4.78, 5) is 14.2. The number of carbonyl (C=O) groups excluding carboxylic acids is 1. The molecule has 0 aromatic rings. The van der Waals surface area contributed by atoms with Crippen molar-refractivity contribution in [3.8, 4) is 0 Å². The number of nitrogens with zero attached hydrogens (tertiary/aromatic N) is 1. The van der Waals surface area contributed by atoms with E-state index in [1.54, 1.807) is 0 Å². The van der Waals surface area contributed by atoms with Gasteiger partial charge < -0.3 is 4.90 Å². The second-order valence-corrected chi connectivity index (χ2v) is 5.73. The Morgan fingerprint density at radius 2 is 1.93 bits per heavy atom. The largest absolute Gasteiger partial charge is 0.342 e. The molecule has 0 radical (unpaired) electrons. The Labute approximate surface area is 101 Å². The Morgan fingerprint density at radius 1 is 1.27 bits per heavy atom. The first-order valence-corrected chi connectivity index (χ1v) is 7.23. The van der Waals surface area contributed by atoms with Gasteiger partial charge in [0.15, 0.2) is 0 Å². The van der Waals surface area contributed by atoms with Crippen molar-refractivity contribution in [2.75, 3.05) is 18.4 Å². The van der Waals surface area contributed by atoms with E-state index in [1.807, 2.05) is 4.90 Å². The third-order valence-electron chi connectivity index (χ3n) is 3.75. The maximum absolute atomic E-state index is 12.2. The summed E-state index contributed by atoms with van der Waals surface area (Å²) in [6.07, 6.45) is 4.81. The number of alkyl halides is 1. The second kappa shape index (κ2) is 4.86. The van der Waals surface area contributed by atoms with Gasteiger partial charge in [-0.2, -0.15) is 0 Å². The summed E-state index contributed by atoms with van der Waals surface area (Å²) in [5, 5.41) is 0.901. The van der Waals surface area contributed by atoms with E-state index in [0.29, 0.717) is 11.8 Å². The van der Waals surface area contributed by atoms with Gasteiger partial charge in [0.2, 0.25) is 5.91 Å². The SMILES string of the molecule is CCCN(CCBr)C(=O)C1CC2CC2C1. The highest BCUT2D eigenvalue weighted by atomic mass is 79.9. The lowest BCUT2D eigenvalue weighted by atomic mass is 10.0. The smallest absolute Gasteiger partial charge is 0.225 e. The fourth-order valence-corrected chi connectivity index (χ4v) is 3.31. The van der Waals surface area contributed by atoms with Crippen LogP contribution in [0.2, 0.25) is 0 Å². The van der Waals surface area contributed by atoms with Crippen molar-refractivity contribution in [3.05, 3.63) is 0 Å². The van der Waals surface area contributed by atoms with Gasteiger partial charge in [-0.15, -0.1) is 0 Å². The van der Waals surface area contributed by atoms with Crippen molar-refractivity contribution >= 4 is 21.8 Å². The summed E-state index contributed by atoms with van der Waals surface area (Å²) < 4.78 is 0. The molecular formula is C12H20BrNO. The predicted octanol–water partition coefficient (Wildman–Crippen LogP) is 2.67. The lowest BCUT2D eigenvalue weighted by molar-refractivity contribution is -0.135. The number of amides is 1. The molecule has 0 spiro atoms. The van der Waals surface area contributed by atoms with Crippen molar-refractivity contribution < 1.29 is 4.79 Å². The molecule has 2 aliphatic carbocycles. The third kappa shape index (κ3) is 2.55. The molecule has 2 fully saturated rings.